The molecule has 23 heavy (non-hydrogen) atoms. The van der Waals surface area contributed by atoms with E-state index < -0.39 is 11.9 Å². The average Bonchev–Trinajstić information content (AvgIpc) is 2.89. The van der Waals surface area contributed by atoms with Crippen molar-refractivity contribution in [1.82, 2.24) is 0 Å². The van der Waals surface area contributed by atoms with Gasteiger partial charge in [0, 0.05) is 24.9 Å². The van der Waals surface area contributed by atoms with E-state index >= 15 is 0 Å². The van der Waals surface area contributed by atoms with Gasteiger partial charge in [-0.1, -0.05) is 13.8 Å². The molecule has 1 aliphatic rings. The Bertz CT molecular complexity index is 641. The van der Waals surface area contributed by atoms with Gasteiger partial charge in [0.25, 0.3) is 0 Å². The Kier molecular flexibility index (Phi) is 4.88. The van der Waals surface area contributed by atoms with Crippen molar-refractivity contribution in [3.63, 3.8) is 0 Å². The summed E-state index contributed by atoms with van der Waals surface area (Å²) in [6, 6.07) is 4.95. The number of nitrogens with one attached hydrogen (secondary N) is 1. The van der Waals surface area contributed by atoms with Gasteiger partial charge in [-0.05, 0) is 12.1 Å². The molecule has 0 unspecified atom stereocenters. The van der Waals surface area contributed by atoms with Crippen molar-refractivity contribution < 1.29 is 24.2 Å². The molecule has 0 saturated carbocycles. The summed E-state index contributed by atoms with van der Waals surface area (Å²) < 4.78 is 5.16. The average molecular weight is 320 g/mol. The molecule has 1 aromatic carbocycles. The molecular formula is C16H20N2O5. The van der Waals surface area contributed by atoms with E-state index in [1.54, 1.807) is 32.0 Å². The maximum atomic E-state index is 12.2. The lowest BCUT2D eigenvalue weighted by atomic mass is 10.1. The number of hydrogen-bond donors (Lipinski definition) is 2. The Hall–Kier alpha value is -2.57. The normalized spacial score (nSPS) is 17.5. The molecule has 1 saturated heterocycles. The van der Waals surface area contributed by atoms with Crippen molar-refractivity contribution in [3.05, 3.63) is 18.2 Å². The number of carbonyl (C=O) groups is 3. The third-order valence-electron chi connectivity index (χ3n) is 3.75. The number of anilines is 2. The third kappa shape index (κ3) is 3.61. The number of benzene rings is 1. The summed E-state index contributed by atoms with van der Waals surface area (Å²) >= 11 is 0. The number of amides is 2. The number of aliphatic carboxylic acids is 1. The Balaban J connectivity index is 2.37. The minimum absolute atomic E-state index is 0.0515. The summed E-state index contributed by atoms with van der Waals surface area (Å²) in [5.74, 6) is -1.91. The smallest absolute Gasteiger partial charge is 0.308 e. The first kappa shape index (κ1) is 16.8. The van der Waals surface area contributed by atoms with Crippen LogP contribution in [-0.4, -0.2) is 36.5 Å². The molecule has 1 heterocycles. The summed E-state index contributed by atoms with van der Waals surface area (Å²) in [5.41, 5.74) is 0.913. The van der Waals surface area contributed by atoms with Gasteiger partial charge in [0.15, 0.2) is 0 Å². The van der Waals surface area contributed by atoms with Crippen molar-refractivity contribution >= 4 is 29.2 Å². The fourth-order valence-corrected chi connectivity index (χ4v) is 2.35. The van der Waals surface area contributed by atoms with E-state index in [0.29, 0.717) is 17.1 Å². The van der Waals surface area contributed by atoms with Crippen molar-refractivity contribution in [2.24, 2.45) is 11.8 Å². The molecule has 2 N–H and O–H groups in total. The molecule has 7 nitrogen and oxygen atoms in total. The van der Waals surface area contributed by atoms with Crippen LogP contribution in [-0.2, 0) is 14.4 Å². The van der Waals surface area contributed by atoms with Crippen molar-refractivity contribution in [1.29, 1.82) is 0 Å². The van der Waals surface area contributed by atoms with E-state index in [4.69, 9.17) is 9.84 Å². The lowest BCUT2D eigenvalue weighted by Crippen LogP contribution is -2.28. The molecule has 1 fully saturated rings. The molecule has 1 aliphatic heterocycles. The molecule has 0 radical (unpaired) electrons. The summed E-state index contributed by atoms with van der Waals surface area (Å²) in [6.07, 6.45) is -0.0515. The van der Waals surface area contributed by atoms with Crippen molar-refractivity contribution in [3.8, 4) is 5.75 Å². The fraction of sp³-hybridized carbons (Fsp3) is 0.438. The standard InChI is InChI=1S/C16H20N2O5/c1-9(2)15(20)17-12-5-4-11(23-3)7-13(12)18-8-10(16(21)22)6-14(18)19/h4-5,7,9-10H,6,8H2,1-3H3,(H,17,20)(H,21,22)/t10-/m1/s1. The van der Waals surface area contributed by atoms with E-state index in [9.17, 15) is 14.4 Å². The first-order valence-electron chi connectivity index (χ1n) is 7.35. The molecule has 2 rings (SSSR count). The maximum Gasteiger partial charge on any atom is 0.308 e. The van der Waals surface area contributed by atoms with Gasteiger partial charge < -0.3 is 20.1 Å². The first-order chi connectivity index (χ1) is 10.8. The van der Waals surface area contributed by atoms with E-state index in [2.05, 4.69) is 5.32 Å². The zero-order chi connectivity index (χ0) is 17.1. The molecule has 0 spiro atoms. The Labute approximate surface area is 134 Å². The highest BCUT2D eigenvalue weighted by atomic mass is 16.5. The van der Waals surface area contributed by atoms with E-state index in [0.717, 1.165) is 0 Å². The lowest BCUT2D eigenvalue weighted by molar-refractivity contribution is -0.141. The van der Waals surface area contributed by atoms with Gasteiger partial charge in [-0.3, -0.25) is 14.4 Å². The molecule has 0 aliphatic carbocycles. The lowest BCUT2D eigenvalue weighted by Gasteiger charge is -2.21. The van der Waals surface area contributed by atoms with E-state index in [-0.39, 0.29) is 30.7 Å². The van der Waals surface area contributed by atoms with Crippen LogP contribution in [0.3, 0.4) is 0 Å². The predicted molar refractivity (Wildman–Crippen MR) is 84.6 cm³/mol. The van der Waals surface area contributed by atoms with Crippen LogP contribution in [0.15, 0.2) is 18.2 Å². The zero-order valence-corrected chi connectivity index (χ0v) is 13.3. The number of rotatable bonds is 5. The molecule has 124 valence electrons. The van der Waals surface area contributed by atoms with Crippen LogP contribution >= 0.6 is 0 Å². The second-order valence-corrected chi connectivity index (χ2v) is 5.77. The fourth-order valence-electron chi connectivity index (χ4n) is 2.35. The number of carboxylic acid groups (broad SMARTS) is 1. The second-order valence-electron chi connectivity index (χ2n) is 5.77. The Morgan fingerprint density at radius 2 is 2.09 bits per heavy atom. The van der Waals surface area contributed by atoms with E-state index in [1.807, 2.05) is 0 Å². The third-order valence-corrected chi connectivity index (χ3v) is 3.75. The van der Waals surface area contributed by atoms with Crippen molar-refractivity contribution in [2.75, 3.05) is 23.9 Å². The van der Waals surface area contributed by atoms with E-state index in [1.165, 1.54) is 12.0 Å². The van der Waals surface area contributed by atoms with Gasteiger partial charge in [0.05, 0.1) is 24.4 Å². The highest BCUT2D eigenvalue weighted by molar-refractivity contribution is 6.04. The van der Waals surface area contributed by atoms with Crippen molar-refractivity contribution in [2.45, 2.75) is 20.3 Å². The predicted octanol–water partition coefficient (Wildman–Crippen LogP) is 1.73. The van der Waals surface area contributed by atoms with Gasteiger partial charge in [-0.15, -0.1) is 0 Å². The van der Waals surface area contributed by atoms with Crippen LogP contribution in [0, 0.1) is 11.8 Å². The number of carbonyl (C=O) groups excluding carboxylic acids is 2. The number of carboxylic acids is 1. The summed E-state index contributed by atoms with van der Waals surface area (Å²) in [4.78, 5) is 36.6. The molecule has 1 aromatic rings. The number of nitrogens with zero attached hydrogens (tertiary/aromatic N) is 1. The summed E-state index contributed by atoms with van der Waals surface area (Å²) in [5, 5.41) is 11.9. The molecule has 1 atom stereocenters. The van der Waals surface area contributed by atoms with Gasteiger partial charge in [-0.25, -0.2) is 0 Å². The highest BCUT2D eigenvalue weighted by Crippen LogP contribution is 2.35. The second kappa shape index (κ2) is 6.68. The molecule has 2 amide bonds. The van der Waals surface area contributed by atoms with Crippen LogP contribution in [0.1, 0.15) is 20.3 Å². The molecule has 7 heteroatoms. The number of ether oxygens (including phenoxy) is 1. The van der Waals surface area contributed by atoms with Crippen LogP contribution < -0.4 is 15.0 Å². The summed E-state index contributed by atoms with van der Waals surface area (Å²) in [7, 11) is 1.50. The van der Waals surface area contributed by atoms with Crippen LogP contribution in [0.25, 0.3) is 0 Å². The maximum absolute atomic E-state index is 12.2. The minimum Gasteiger partial charge on any atom is -0.497 e. The minimum atomic E-state index is -1.00. The molecule has 0 bridgehead atoms. The Morgan fingerprint density at radius 3 is 2.61 bits per heavy atom. The monoisotopic (exact) mass is 320 g/mol. The van der Waals surface area contributed by atoms with Gasteiger partial charge in [0.2, 0.25) is 11.8 Å². The van der Waals surface area contributed by atoms with Gasteiger partial charge in [-0.2, -0.15) is 0 Å². The SMILES string of the molecule is COc1ccc(NC(=O)C(C)C)c(N2C[C@H](C(=O)O)CC2=O)c1. The van der Waals surface area contributed by atoms with Gasteiger partial charge in [0.1, 0.15) is 5.75 Å². The highest BCUT2D eigenvalue weighted by Gasteiger charge is 2.36. The molecular weight excluding hydrogens is 300 g/mol. The zero-order valence-electron chi connectivity index (χ0n) is 13.3. The topological polar surface area (TPSA) is 95.9 Å². The van der Waals surface area contributed by atoms with Gasteiger partial charge >= 0.3 is 5.97 Å². The number of hydrogen-bond acceptors (Lipinski definition) is 4. The summed E-state index contributed by atoms with van der Waals surface area (Å²) in [6.45, 7) is 3.60. The Morgan fingerprint density at radius 1 is 1.39 bits per heavy atom. The largest absolute Gasteiger partial charge is 0.497 e. The van der Waals surface area contributed by atoms with Crippen LogP contribution in [0.2, 0.25) is 0 Å². The quantitative estimate of drug-likeness (QED) is 0.861. The molecule has 0 aromatic heterocycles. The number of methoxy groups -OCH3 is 1. The first-order valence-corrected chi connectivity index (χ1v) is 7.35. The van der Waals surface area contributed by atoms with Crippen LogP contribution in [0.5, 0.6) is 5.75 Å². The van der Waals surface area contributed by atoms with Crippen LogP contribution in [0.4, 0.5) is 11.4 Å².